The van der Waals surface area contributed by atoms with Gasteiger partial charge in [-0.1, -0.05) is 0 Å². The van der Waals surface area contributed by atoms with Gasteiger partial charge in [-0.25, -0.2) is 0 Å². The van der Waals surface area contributed by atoms with E-state index in [0.717, 1.165) is 5.69 Å². The molecule has 0 aliphatic carbocycles. The minimum atomic E-state index is -0.532. The Morgan fingerprint density at radius 2 is 2.12 bits per heavy atom. The molecule has 0 aliphatic heterocycles. The average molecular weight is 350 g/mol. The van der Waals surface area contributed by atoms with E-state index in [1.807, 2.05) is 36.4 Å². The van der Waals surface area contributed by atoms with Crippen LogP contribution in [0.25, 0.3) is 0 Å². The van der Waals surface area contributed by atoms with E-state index in [4.69, 9.17) is 0 Å². The van der Waals surface area contributed by atoms with Gasteiger partial charge in [-0.2, -0.15) is 0 Å². The van der Waals surface area contributed by atoms with E-state index >= 15 is 0 Å². The van der Waals surface area contributed by atoms with Gasteiger partial charge in [-0.05, 0) is 55.5 Å². The molecule has 5 nitrogen and oxygen atoms in total. The average Bonchev–Trinajstić information content (AvgIpc) is 2.15. The highest BCUT2D eigenvalue weighted by atomic mass is 127. The van der Waals surface area contributed by atoms with Gasteiger partial charge in [-0.3, -0.25) is 10.1 Å². The first kappa shape index (κ1) is 14.2. The molecule has 17 heavy (non-hydrogen) atoms. The van der Waals surface area contributed by atoms with Crippen molar-refractivity contribution >= 4 is 34.0 Å². The van der Waals surface area contributed by atoms with Crippen LogP contribution in [0, 0.1) is 13.7 Å². The molecule has 0 fully saturated rings. The number of hydrogen-bond donors (Lipinski definition) is 2. The normalized spacial score (nSPS) is 13.2. The Labute approximate surface area is 114 Å². The predicted molar refractivity (Wildman–Crippen MR) is 75.2 cm³/mol. The fraction of sp³-hybridized carbons (Fsp3) is 0.455. The highest BCUT2D eigenvalue weighted by Crippen LogP contribution is 2.26. The number of halogens is 1. The highest BCUT2D eigenvalue weighted by Gasteiger charge is 2.24. The molecule has 0 saturated carbocycles. The summed E-state index contributed by atoms with van der Waals surface area (Å²) in [6.45, 7) is 5.43. The molecule has 6 heteroatoms. The third-order valence-corrected chi connectivity index (χ3v) is 3.52. The van der Waals surface area contributed by atoms with E-state index in [1.165, 1.54) is 6.07 Å². The molecule has 1 rings (SSSR count). The van der Waals surface area contributed by atoms with E-state index in [1.54, 1.807) is 19.1 Å². The van der Waals surface area contributed by atoms with Crippen LogP contribution in [0.5, 0.6) is 0 Å². The zero-order chi connectivity index (χ0) is 13.2. The van der Waals surface area contributed by atoms with Crippen molar-refractivity contribution < 1.29 is 10.0 Å². The Balaban J connectivity index is 2.96. The number of nitro groups is 1. The van der Waals surface area contributed by atoms with E-state index in [2.05, 4.69) is 5.32 Å². The lowest BCUT2D eigenvalue weighted by molar-refractivity contribution is -0.385. The van der Waals surface area contributed by atoms with Gasteiger partial charge in [0.25, 0.3) is 5.69 Å². The molecular weight excluding hydrogens is 335 g/mol. The second-order valence-corrected chi connectivity index (χ2v) is 5.61. The van der Waals surface area contributed by atoms with Crippen LogP contribution in [0.15, 0.2) is 18.2 Å². The Hall–Kier alpha value is -0.890. The van der Waals surface area contributed by atoms with E-state index in [9.17, 15) is 15.2 Å². The Morgan fingerprint density at radius 3 is 2.53 bits per heavy atom. The standard InChI is InChI=1S/C11H15IN2O3/c1-7(15)11(2,3)13-8-4-5-10(14(16)17)9(12)6-8/h4-7,13,15H,1-3H3. The third-order valence-electron chi connectivity index (χ3n) is 2.66. The maximum atomic E-state index is 10.7. The van der Waals surface area contributed by atoms with Gasteiger partial charge in [0.1, 0.15) is 0 Å². The molecule has 2 N–H and O–H groups in total. The van der Waals surface area contributed by atoms with Crippen LogP contribution in [-0.2, 0) is 0 Å². The van der Waals surface area contributed by atoms with Crippen molar-refractivity contribution in [3.63, 3.8) is 0 Å². The summed E-state index contributed by atoms with van der Waals surface area (Å²) in [5.74, 6) is 0. The Kier molecular flexibility index (Phi) is 4.31. The summed E-state index contributed by atoms with van der Waals surface area (Å²) < 4.78 is 0.569. The van der Waals surface area contributed by atoms with Gasteiger partial charge in [0.05, 0.1) is 20.1 Å². The van der Waals surface area contributed by atoms with Crippen molar-refractivity contribution in [2.24, 2.45) is 0 Å². The number of rotatable bonds is 4. The lowest BCUT2D eigenvalue weighted by Crippen LogP contribution is -2.41. The predicted octanol–water partition coefficient (Wildman–Crippen LogP) is 2.77. The minimum Gasteiger partial charge on any atom is -0.391 e. The summed E-state index contributed by atoms with van der Waals surface area (Å²) in [6, 6.07) is 4.80. The first-order valence-corrected chi connectivity index (χ1v) is 6.22. The second-order valence-electron chi connectivity index (χ2n) is 4.45. The van der Waals surface area contributed by atoms with Crippen LogP contribution >= 0.6 is 22.6 Å². The molecule has 1 aromatic carbocycles. The summed E-state index contributed by atoms with van der Waals surface area (Å²) in [7, 11) is 0. The molecule has 0 saturated heterocycles. The maximum Gasteiger partial charge on any atom is 0.282 e. The smallest absolute Gasteiger partial charge is 0.282 e. The summed E-state index contributed by atoms with van der Waals surface area (Å²) in [5.41, 5.74) is 0.357. The highest BCUT2D eigenvalue weighted by molar-refractivity contribution is 14.1. The number of anilines is 1. The number of nitrogens with zero attached hydrogens (tertiary/aromatic N) is 1. The maximum absolute atomic E-state index is 10.7. The first-order valence-electron chi connectivity index (χ1n) is 5.14. The monoisotopic (exact) mass is 350 g/mol. The summed E-state index contributed by atoms with van der Waals surface area (Å²) in [5, 5.41) is 23.4. The largest absolute Gasteiger partial charge is 0.391 e. The van der Waals surface area contributed by atoms with E-state index in [-0.39, 0.29) is 5.69 Å². The quantitative estimate of drug-likeness (QED) is 0.497. The molecule has 94 valence electrons. The molecule has 0 aliphatic rings. The topological polar surface area (TPSA) is 75.4 Å². The molecule has 0 amide bonds. The molecule has 0 aromatic heterocycles. The molecule has 0 heterocycles. The van der Waals surface area contributed by atoms with Crippen molar-refractivity contribution in [2.45, 2.75) is 32.4 Å². The Bertz CT molecular complexity index is 433. The molecular formula is C11H15IN2O3. The van der Waals surface area contributed by atoms with Crippen LogP contribution in [0.1, 0.15) is 20.8 Å². The zero-order valence-electron chi connectivity index (χ0n) is 9.90. The van der Waals surface area contributed by atoms with E-state index in [0.29, 0.717) is 3.57 Å². The van der Waals surface area contributed by atoms with Crippen molar-refractivity contribution in [1.82, 2.24) is 0 Å². The second kappa shape index (κ2) is 5.18. The number of aliphatic hydroxyl groups excluding tert-OH is 1. The van der Waals surface area contributed by atoms with Crippen molar-refractivity contribution in [1.29, 1.82) is 0 Å². The van der Waals surface area contributed by atoms with Crippen molar-refractivity contribution in [3.8, 4) is 0 Å². The number of hydrogen-bond acceptors (Lipinski definition) is 4. The van der Waals surface area contributed by atoms with Crippen molar-refractivity contribution in [2.75, 3.05) is 5.32 Å². The Morgan fingerprint density at radius 1 is 1.53 bits per heavy atom. The first-order chi connectivity index (χ1) is 7.74. The molecule has 0 bridgehead atoms. The molecule has 1 atom stereocenters. The van der Waals surface area contributed by atoms with Crippen LogP contribution in [0.3, 0.4) is 0 Å². The number of nitro benzene ring substituents is 1. The fourth-order valence-corrected chi connectivity index (χ4v) is 1.92. The van der Waals surface area contributed by atoms with Gasteiger partial charge in [0, 0.05) is 11.8 Å². The molecule has 0 radical (unpaired) electrons. The van der Waals surface area contributed by atoms with Gasteiger partial charge >= 0.3 is 0 Å². The third kappa shape index (κ3) is 3.53. The zero-order valence-corrected chi connectivity index (χ0v) is 12.1. The molecule has 1 aromatic rings. The number of aliphatic hydroxyl groups is 1. The lowest BCUT2D eigenvalue weighted by atomic mass is 9.98. The fourth-order valence-electron chi connectivity index (χ4n) is 1.21. The van der Waals surface area contributed by atoms with Gasteiger partial charge in [0.15, 0.2) is 0 Å². The minimum absolute atomic E-state index is 0.0889. The van der Waals surface area contributed by atoms with Crippen LogP contribution < -0.4 is 5.32 Å². The SMILES string of the molecule is CC(O)C(C)(C)Nc1ccc([N+](=O)[O-])c(I)c1. The number of benzene rings is 1. The van der Waals surface area contributed by atoms with Crippen LogP contribution in [-0.4, -0.2) is 21.7 Å². The number of nitrogens with one attached hydrogen (secondary N) is 1. The van der Waals surface area contributed by atoms with Crippen LogP contribution in [0.2, 0.25) is 0 Å². The molecule has 0 spiro atoms. The summed E-state index contributed by atoms with van der Waals surface area (Å²) in [6.07, 6.45) is -0.532. The van der Waals surface area contributed by atoms with Crippen LogP contribution in [0.4, 0.5) is 11.4 Å². The summed E-state index contributed by atoms with van der Waals surface area (Å²) in [4.78, 5) is 10.3. The van der Waals surface area contributed by atoms with Crippen molar-refractivity contribution in [3.05, 3.63) is 31.9 Å². The van der Waals surface area contributed by atoms with Gasteiger partial charge in [-0.15, -0.1) is 0 Å². The lowest BCUT2D eigenvalue weighted by Gasteiger charge is -2.30. The molecule has 1 unspecified atom stereocenters. The van der Waals surface area contributed by atoms with E-state index < -0.39 is 16.6 Å². The van der Waals surface area contributed by atoms with Gasteiger partial charge in [0.2, 0.25) is 0 Å². The summed E-state index contributed by atoms with van der Waals surface area (Å²) >= 11 is 1.93. The van der Waals surface area contributed by atoms with Gasteiger partial charge < -0.3 is 10.4 Å².